The number of sulfonamides is 1. The maximum Gasteiger partial charge on any atom is 0.241 e. The monoisotopic (exact) mass is 389 g/mol. The summed E-state index contributed by atoms with van der Waals surface area (Å²) in [5.41, 5.74) is 0. The summed E-state index contributed by atoms with van der Waals surface area (Å²) in [6.07, 6.45) is 0.113. The van der Waals surface area contributed by atoms with Crippen molar-refractivity contribution in [2.75, 3.05) is 6.54 Å². The van der Waals surface area contributed by atoms with Crippen molar-refractivity contribution in [1.82, 2.24) is 4.72 Å². The van der Waals surface area contributed by atoms with Gasteiger partial charge in [0, 0.05) is 20.8 Å². The smallest absolute Gasteiger partial charge is 0.241 e. The van der Waals surface area contributed by atoms with Gasteiger partial charge in [-0.1, -0.05) is 12.1 Å². The molecule has 1 aromatic carbocycles. The summed E-state index contributed by atoms with van der Waals surface area (Å²) in [5, 5.41) is 9.46. The van der Waals surface area contributed by atoms with Gasteiger partial charge in [-0.2, -0.15) is 0 Å². The van der Waals surface area contributed by atoms with E-state index < -0.39 is 16.1 Å². The van der Waals surface area contributed by atoms with Gasteiger partial charge in [-0.15, -0.1) is 11.3 Å². The van der Waals surface area contributed by atoms with Crippen molar-refractivity contribution in [2.45, 2.75) is 24.3 Å². The first-order valence-corrected chi connectivity index (χ1v) is 9.50. The molecule has 0 spiro atoms. The molecule has 0 fully saturated rings. The summed E-state index contributed by atoms with van der Waals surface area (Å²) >= 11 is 4.74. The molecule has 2 rings (SSSR count). The van der Waals surface area contributed by atoms with E-state index in [9.17, 15) is 13.5 Å². The molecule has 0 amide bonds. The number of hydrogen-bond acceptors (Lipinski definition) is 4. The van der Waals surface area contributed by atoms with Crippen LogP contribution in [0.2, 0.25) is 0 Å². The zero-order valence-corrected chi connectivity index (χ0v) is 14.6. The fourth-order valence-corrected chi connectivity index (χ4v) is 4.78. The molecule has 21 heavy (non-hydrogen) atoms. The number of thiophene rings is 1. The van der Waals surface area contributed by atoms with Crippen molar-refractivity contribution in [3.05, 3.63) is 50.6 Å². The van der Waals surface area contributed by atoms with Crippen LogP contribution in [-0.2, 0) is 16.4 Å². The minimum absolute atomic E-state index is 0.237. The zero-order valence-electron chi connectivity index (χ0n) is 11.4. The van der Waals surface area contributed by atoms with Crippen LogP contribution in [0.25, 0.3) is 0 Å². The minimum atomic E-state index is -3.51. The number of aliphatic hydroxyl groups excluding tert-OH is 1. The summed E-state index contributed by atoms with van der Waals surface area (Å²) in [6.45, 7) is 2.04. The van der Waals surface area contributed by atoms with Gasteiger partial charge in [-0.05, 0) is 53.5 Å². The molecule has 114 valence electrons. The maximum absolute atomic E-state index is 12.2. The van der Waals surface area contributed by atoms with Crippen LogP contribution in [0.1, 0.15) is 22.8 Å². The van der Waals surface area contributed by atoms with Gasteiger partial charge >= 0.3 is 0 Å². The summed E-state index contributed by atoms with van der Waals surface area (Å²) in [6, 6.07) is 10.5. The van der Waals surface area contributed by atoms with Crippen molar-refractivity contribution in [3.8, 4) is 0 Å². The van der Waals surface area contributed by atoms with Crippen LogP contribution in [0.4, 0.5) is 0 Å². The largest absolute Gasteiger partial charge is 0.388 e. The van der Waals surface area contributed by atoms with Crippen LogP contribution in [0.3, 0.4) is 0 Å². The molecular formula is C14H16BrNO3S2. The molecule has 1 heterocycles. The highest BCUT2D eigenvalue weighted by Gasteiger charge is 2.16. The zero-order chi connectivity index (χ0) is 15.5. The van der Waals surface area contributed by atoms with Crippen LogP contribution in [-0.4, -0.2) is 20.1 Å². The highest BCUT2D eigenvalue weighted by Crippen LogP contribution is 2.23. The number of nitrogens with one attached hydrogen (secondary N) is 1. The summed E-state index contributed by atoms with van der Waals surface area (Å²) in [5.74, 6) is 0. The number of halogens is 1. The quantitative estimate of drug-likeness (QED) is 0.797. The molecule has 0 saturated carbocycles. The normalized spacial score (nSPS) is 13.3. The van der Waals surface area contributed by atoms with E-state index in [1.165, 1.54) is 11.3 Å². The van der Waals surface area contributed by atoms with Crippen molar-refractivity contribution >= 4 is 37.3 Å². The van der Waals surface area contributed by atoms with E-state index in [4.69, 9.17) is 0 Å². The Kier molecular flexibility index (Phi) is 5.56. The van der Waals surface area contributed by atoms with Gasteiger partial charge in [0.05, 0.1) is 11.0 Å². The lowest BCUT2D eigenvalue weighted by Crippen LogP contribution is -2.26. The third-order valence-corrected chi connectivity index (χ3v) is 6.67. The topological polar surface area (TPSA) is 66.4 Å². The van der Waals surface area contributed by atoms with E-state index in [2.05, 4.69) is 20.7 Å². The Morgan fingerprint density at radius 1 is 1.29 bits per heavy atom. The van der Waals surface area contributed by atoms with Crippen LogP contribution in [0.15, 0.2) is 45.8 Å². The van der Waals surface area contributed by atoms with E-state index in [1.54, 1.807) is 31.2 Å². The predicted octanol–water partition coefficient (Wildman–Crippen LogP) is 3.08. The third-order valence-electron chi connectivity index (χ3n) is 2.88. The fourth-order valence-electron chi connectivity index (χ4n) is 1.80. The van der Waals surface area contributed by atoms with Gasteiger partial charge < -0.3 is 5.11 Å². The number of hydrogen-bond donors (Lipinski definition) is 2. The first kappa shape index (κ1) is 16.6. The Labute approximate surface area is 137 Å². The minimum Gasteiger partial charge on any atom is -0.388 e. The molecule has 1 aromatic heterocycles. The van der Waals surface area contributed by atoms with Gasteiger partial charge in [0.25, 0.3) is 0 Å². The van der Waals surface area contributed by atoms with E-state index in [0.29, 0.717) is 17.4 Å². The molecule has 4 nitrogen and oxygen atoms in total. The first-order valence-electron chi connectivity index (χ1n) is 6.41. The molecule has 0 aliphatic heterocycles. The lowest BCUT2D eigenvalue weighted by molar-refractivity contribution is 0.203. The molecular weight excluding hydrogens is 374 g/mol. The SMILES string of the molecule is CC(O)c1ccc(CCNS(=O)(=O)c2ccccc2Br)s1. The summed E-state index contributed by atoms with van der Waals surface area (Å²) < 4.78 is 27.5. The van der Waals surface area contributed by atoms with E-state index in [0.717, 1.165) is 9.75 Å². The van der Waals surface area contributed by atoms with E-state index in [-0.39, 0.29) is 4.90 Å². The standard InChI is InChI=1S/C14H16BrNO3S2/c1-10(17)13-7-6-11(20-13)8-9-16-21(18,19)14-5-3-2-4-12(14)15/h2-7,10,16-17H,8-9H2,1H3. The highest BCUT2D eigenvalue weighted by atomic mass is 79.9. The lowest BCUT2D eigenvalue weighted by Gasteiger charge is -2.07. The average Bonchev–Trinajstić information content (AvgIpc) is 2.88. The second kappa shape index (κ2) is 7.02. The van der Waals surface area contributed by atoms with Crippen LogP contribution in [0, 0.1) is 0 Å². The molecule has 2 N–H and O–H groups in total. The predicted molar refractivity (Wildman–Crippen MR) is 88.0 cm³/mol. The molecule has 2 aromatic rings. The highest BCUT2D eigenvalue weighted by molar-refractivity contribution is 9.10. The Morgan fingerprint density at radius 3 is 2.62 bits per heavy atom. The molecule has 0 aliphatic carbocycles. The van der Waals surface area contributed by atoms with Crippen LogP contribution in [0.5, 0.6) is 0 Å². The van der Waals surface area contributed by atoms with Gasteiger partial charge in [0.1, 0.15) is 0 Å². The Bertz CT molecular complexity index is 711. The van der Waals surface area contributed by atoms with Crippen molar-refractivity contribution < 1.29 is 13.5 Å². The molecule has 1 unspecified atom stereocenters. The molecule has 0 saturated heterocycles. The van der Waals surface area contributed by atoms with Gasteiger partial charge in [-0.25, -0.2) is 13.1 Å². The molecule has 1 atom stereocenters. The maximum atomic E-state index is 12.2. The second-order valence-corrected chi connectivity index (χ2v) is 8.35. The third kappa shape index (κ3) is 4.37. The molecule has 0 radical (unpaired) electrons. The van der Waals surface area contributed by atoms with Gasteiger partial charge in [-0.3, -0.25) is 0 Å². The average molecular weight is 390 g/mol. The molecule has 7 heteroatoms. The van der Waals surface area contributed by atoms with E-state index in [1.807, 2.05) is 12.1 Å². The number of aliphatic hydroxyl groups is 1. The first-order chi connectivity index (χ1) is 9.90. The fraction of sp³-hybridized carbons (Fsp3) is 0.286. The Morgan fingerprint density at radius 2 is 2.00 bits per heavy atom. The second-order valence-electron chi connectivity index (χ2n) is 4.56. The summed E-state index contributed by atoms with van der Waals surface area (Å²) in [4.78, 5) is 2.17. The van der Waals surface area contributed by atoms with Crippen LogP contribution < -0.4 is 4.72 Å². The van der Waals surface area contributed by atoms with Crippen molar-refractivity contribution in [3.63, 3.8) is 0 Å². The Hall–Kier alpha value is -0.730. The lowest BCUT2D eigenvalue weighted by atomic mass is 10.3. The Balaban J connectivity index is 1.98. The number of benzene rings is 1. The van der Waals surface area contributed by atoms with Crippen molar-refractivity contribution in [1.29, 1.82) is 0 Å². The molecule has 0 bridgehead atoms. The summed E-state index contributed by atoms with van der Waals surface area (Å²) in [7, 11) is -3.51. The number of rotatable bonds is 6. The molecule has 0 aliphatic rings. The van der Waals surface area contributed by atoms with Gasteiger partial charge in [0.15, 0.2) is 0 Å². The van der Waals surface area contributed by atoms with Crippen LogP contribution >= 0.6 is 27.3 Å². The van der Waals surface area contributed by atoms with Gasteiger partial charge in [0.2, 0.25) is 10.0 Å². The van der Waals surface area contributed by atoms with E-state index >= 15 is 0 Å². The van der Waals surface area contributed by atoms with Crippen molar-refractivity contribution in [2.24, 2.45) is 0 Å².